The molecular weight excluding hydrogens is 384 g/mol. The molecule has 4 atom stereocenters. The van der Waals surface area contributed by atoms with Crippen LogP contribution in [0.5, 0.6) is 0 Å². The summed E-state index contributed by atoms with van der Waals surface area (Å²) in [5.41, 5.74) is 6.36. The van der Waals surface area contributed by atoms with Crippen molar-refractivity contribution >= 4 is 39.7 Å². The molecule has 3 rings (SSSR count). The largest absolute Gasteiger partial charge is 0.394 e. The molecular formula is C10H11FIN5O3. The average Bonchev–Trinajstić information content (AvgIpc) is 2.93. The third-order valence-electron chi connectivity index (χ3n) is 3.14. The van der Waals surface area contributed by atoms with Crippen molar-refractivity contribution in [2.24, 2.45) is 0 Å². The first-order valence-electron chi connectivity index (χ1n) is 5.77. The predicted molar refractivity (Wildman–Crippen MR) is 74.4 cm³/mol. The van der Waals surface area contributed by atoms with Gasteiger partial charge in [0.15, 0.2) is 18.0 Å². The number of hydrogen-bond donors (Lipinski definition) is 3. The smallest absolute Gasteiger partial charge is 0.223 e. The fraction of sp³-hybridized carbons (Fsp3) is 0.500. The molecule has 0 aromatic carbocycles. The molecule has 20 heavy (non-hydrogen) atoms. The van der Waals surface area contributed by atoms with Crippen LogP contribution in [0.3, 0.4) is 0 Å². The van der Waals surface area contributed by atoms with Gasteiger partial charge in [-0.3, -0.25) is 4.57 Å². The van der Waals surface area contributed by atoms with Crippen LogP contribution in [-0.4, -0.2) is 54.7 Å². The van der Waals surface area contributed by atoms with Crippen LogP contribution in [0.15, 0.2) is 6.33 Å². The highest BCUT2D eigenvalue weighted by Gasteiger charge is 2.45. The fourth-order valence-corrected chi connectivity index (χ4v) is 2.79. The number of nitrogen functional groups attached to an aromatic ring is 1. The van der Waals surface area contributed by atoms with E-state index in [9.17, 15) is 9.50 Å². The highest BCUT2D eigenvalue weighted by Crippen LogP contribution is 2.33. The summed E-state index contributed by atoms with van der Waals surface area (Å²) in [6, 6.07) is 0. The van der Waals surface area contributed by atoms with E-state index in [1.54, 1.807) is 0 Å². The summed E-state index contributed by atoms with van der Waals surface area (Å²) >= 11 is 1.95. The second kappa shape index (κ2) is 5.02. The maximum atomic E-state index is 14.1. The van der Waals surface area contributed by atoms with Crippen molar-refractivity contribution in [2.75, 3.05) is 12.3 Å². The van der Waals surface area contributed by atoms with Gasteiger partial charge in [-0.05, 0) is 22.6 Å². The molecule has 108 valence electrons. The van der Waals surface area contributed by atoms with Crippen LogP contribution in [0, 0.1) is 3.70 Å². The van der Waals surface area contributed by atoms with E-state index >= 15 is 0 Å². The number of ether oxygens (including phenoxy) is 1. The standard InChI is InChI=1S/C10H11FIN5O3/c11-4-6(19)3(1-18)20-9(4)17-2-14-5-7(12)15-10(13)16-8(5)17/h2-4,6,9,18-19H,1H2,(H2,13,15,16)/t3-,4-,6?,9-/m1/s1. The van der Waals surface area contributed by atoms with E-state index in [4.69, 9.17) is 15.6 Å². The van der Waals surface area contributed by atoms with Gasteiger partial charge in [0.1, 0.15) is 21.4 Å². The number of nitrogens with two attached hydrogens (primary N) is 1. The molecule has 1 aliphatic rings. The number of aliphatic hydroxyl groups is 2. The fourth-order valence-electron chi connectivity index (χ4n) is 2.16. The summed E-state index contributed by atoms with van der Waals surface area (Å²) in [4.78, 5) is 12.1. The Morgan fingerprint density at radius 2 is 2.25 bits per heavy atom. The number of aromatic nitrogens is 4. The van der Waals surface area contributed by atoms with Crippen molar-refractivity contribution in [1.29, 1.82) is 0 Å². The molecule has 2 aromatic heterocycles. The first kappa shape index (κ1) is 13.9. The van der Waals surface area contributed by atoms with Crippen LogP contribution < -0.4 is 5.73 Å². The Morgan fingerprint density at radius 1 is 1.50 bits per heavy atom. The van der Waals surface area contributed by atoms with Crippen LogP contribution in [0.1, 0.15) is 6.23 Å². The van der Waals surface area contributed by atoms with E-state index in [1.807, 2.05) is 22.6 Å². The van der Waals surface area contributed by atoms with Gasteiger partial charge in [-0.25, -0.2) is 14.4 Å². The van der Waals surface area contributed by atoms with Gasteiger partial charge in [0.05, 0.1) is 12.9 Å². The normalized spacial score (nSPS) is 30.2. The zero-order valence-corrected chi connectivity index (χ0v) is 12.2. The Kier molecular flexibility index (Phi) is 3.48. The lowest BCUT2D eigenvalue weighted by atomic mass is 10.1. The van der Waals surface area contributed by atoms with Gasteiger partial charge in [0.25, 0.3) is 0 Å². The molecule has 0 amide bonds. The molecule has 0 aliphatic carbocycles. The molecule has 0 bridgehead atoms. The van der Waals surface area contributed by atoms with Crippen LogP contribution in [0.25, 0.3) is 11.2 Å². The van der Waals surface area contributed by atoms with Crippen molar-refractivity contribution in [2.45, 2.75) is 24.6 Å². The van der Waals surface area contributed by atoms with Gasteiger partial charge in [-0.1, -0.05) is 0 Å². The first-order chi connectivity index (χ1) is 9.52. The van der Waals surface area contributed by atoms with E-state index in [2.05, 4.69) is 15.0 Å². The van der Waals surface area contributed by atoms with Crippen molar-refractivity contribution in [3.8, 4) is 0 Å². The van der Waals surface area contributed by atoms with Gasteiger partial charge in [0.2, 0.25) is 5.95 Å². The Bertz CT molecular complexity index is 653. The molecule has 0 saturated carbocycles. The lowest BCUT2D eigenvalue weighted by molar-refractivity contribution is -0.0459. The summed E-state index contributed by atoms with van der Waals surface area (Å²) in [5.74, 6) is 0.0383. The van der Waals surface area contributed by atoms with E-state index in [0.29, 0.717) is 14.9 Å². The highest BCUT2D eigenvalue weighted by molar-refractivity contribution is 14.1. The lowest BCUT2D eigenvalue weighted by Crippen LogP contribution is -2.30. The molecule has 0 radical (unpaired) electrons. The number of hydrogen-bond acceptors (Lipinski definition) is 7. The van der Waals surface area contributed by atoms with Crippen molar-refractivity contribution in [3.63, 3.8) is 0 Å². The monoisotopic (exact) mass is 395 g/mol. The first-order valence-corrected chi connectivity index (χ1v) is 6.84. The number of anilines is 1. The van der Waals surface area contributed by atoms with Gasteiger partial charge < -0.3 is 20.7 Å². The van der Waals surface area contributed by atoms with E-state index < -0.39 is 31.2 Å². The van der Waals surface area contributed by atoms with Crippen molar-refractivity contribution < 1.29 is 19.3 Å². The summed E-state index contributed by atoms with van der Waals surface area (Å²) in [5, 5.41) is 18.7. The minimum atomic E-state index is -1.70. The minimum Gasteiger partial charge on any atom is -0.394 e. The van der Waals surface area contributed by atoms with E-state index in [0.717, 1.165) is 0 Å². The van der Waals surface area contributed by atoms with Gasteiger partial charge in [0, 0.05) is 0 Å². The SMILES string of the molecule is Nc1nc(I)c2ncn([C@@H]3O[C@H](CO)C(O)[C@H]3F)c2n1. The summed E-state index contributed by atoms with van der Waals surface area (Å²) in [7, 11) is 0. The molecule has 1 fully saturated rings. The highest BCUT2D eigenvalue weighted by atomic mass is 127. The molecule has 10 heteroatoms. The maximum Gasteiger partial charge on any atom is 0.223 e. The number of halogens is 2. The number of fused-ring (bicyclic) bond motifs is 1. The quantitative estimate of drug-likeness (QED) is 0.468. The summed E-state index contributed by atoms with van der Waals surface area (Å²) in [6.07, 6.45) is -3.84. The summed E-state index contributed by atoms with van der Waals surface area (Å²) in [6.45, 7) is -0.473. The summed E-state index contributed by atoms with van der Waals surface area (Å²) < 4.78 is 21.3. The van der Waals surface area contributed by atoms with Gasteiger partial charge in [-0.15, -0.1) is 0 Å². The molecule has 1 aliphatic heterocycles. The number of rotatable bonds is 2. The predicted octanol–water partition coefficient (Wildman–Crippen LogP) is -0.398. The zero-order chi connectivity index (χ0) is 14.4. The molecule has 8 nitrogen and oxygen atoms in total. The lowest BCUT2D eigenvalue weighted by Gasteiger charge is -2.15. The van der Waals surface area contributed by atoms with E-state index in [1.165, 1.54) is 10.9 Å². The Balaban J connectivity index is 2.07. The van der Waals surface area contributed by atoms with Crippen LogP contribution in [-0.2, 0) is 4.74 Å². The molecule has 4 N–H and O–H groups in total. The van der Waals surface area contributed by atoms with Crippen LogP contribution in [0.2, 0.25) is 0 Å². The molecule has 2 aromatic rings. The van der Waals surface area contributed by atoms with Crippen molar-refractivity contribution in [1.82, 2.24) is 19.5 Å². The Hall–Kier alpha value is -1.11. The molecule has 3 heterocycles. The van der Waals surface area contributed by atoms with Crippen LogP contribution in [0.4, 0.5) is 10.3 Å². The maximum absolute atomic E-state index is 14.1. The third kappa shape index (κ3) is 2.03. The van der Waals surface area contributed by atoms with Crippen molar-refractivity contribution in [3.05, 3.63) is 10.0 Å². The van der Waals surface area contributed by atoms with Crippen LogP contribution >= 0.6 is 22.6 Å². The second-order valence-corrected chi connectivity index (χ2v) is 5.40. The minimum absolute atomic E-state index is 0.0383. The molecule has 1 saturated heterocycles. The molecule has 1 unspecified atom stereocenters. The topological polar surface area (TPSA) is 119 Å². The zero-order valence-electron chi connectivity index (χ0n) is 10.0. The third-order valence-corrected chi connectivity index (χ3v) is 3.90. The molecule has 0 spiro atoms. The number of imidazole rings is 1. The number of aliphatic hydroxyl groups excluding tert-OH is 2. The van der Waals surface area contributed by atoms with Gasteiger partial charge in [-0.2, -0.15) is 4.98 Å². The average molecular weight is 395 g/mol. The van der Waals surface area contributed by atoms with Gasteiger partial charge >= 0.3 is 0 Å². The Labute approximate surface area is 125 Å². The van der Waals surface area contributed by atoms with E-state index in [-0.39, 0.29) is 5.95 Å². The number of nitrogens with zero attached hydrogens (tertiary/aromatic N) is 4. The second-order valence-electron chi connectivity index (χ2n) is 4.38. The number of alkyl halides is 1. The Morgan fingerprint density at radius 3 is 2.90 bits per heavy atom.